The average Bonchev–Trinajstić information content (AvgIpc) is 3.22. The lowest BCUT2D eigenvalue weighted by Crippen LogP contribution is -2.21. The quantitative estimate of drug-likeness (QED) is 0.377. The predicted molar refractivity (Wildman–Crippen MR) is 116 cm³/mol. The first-order valence-electron chi connectivity index (χ1n) is 9.83. The van der Waals surface area contributed by atoms with Crippen LogP contribution in [0.15, 0.2) is 47.9 Å². The Morgan fingerprint density at radius 3 is 2.70 bits per heavy atom. The molecule has 33 heavy (non-hydrogen) atoms. The number of nitro benzene ring substituents is 1. The van der Waals surface area contributed by atoms with Gasteiger partial charge in [-0.15, -0.1) is 5.10 Å². The standard InChI is InChI=1S/C22H19N5O6/c1-3-32-16-9-12(8-15(20(16)28)27(29)30)17-14(10-23)21(24)33-22-18(17)19(25-26-22)11-4-6-13(31-2)7-5-11/h4-9,17,28H,3,24H2,1-2H3,(H,25,26). The van der Waals surface area contributed by atoms with Crippen LogP contribution in [0.3, 0.4) is 0 Å². The third kappa shape index (κ3) is 3.63. The molecular weight excluding hydrogens is 430 g/mol. The molecular formula is C22H19N5O6. The molecule has 0 amide bonds. The van der Waals surface area contributed by atoms with Crippen molar-refractivity contribution in [2.24, 2.45) is 5.73 Å². The lowest BCUT2D eigenvalue weighted by Gasteiger charge is -2.24. The molecule has 4 rings (SSSR count). The summed E-state index contributed by atoms with van der Waals surface area (Å²) >= 11 is 0. The number of H-pyrrole nitrogens is 1. The third-order valence-corrected chi connectivity index (χ3v) is 5.22. The SMILES string of the molecule is CCOc1cc(C2C(C#N)=C(N)Oc3n[nH]c(-c4ccc(OC)cc4)c32)cc([N+](=O)[O-])c1O. The van der Waals surface area contributed by atoms with Gasteiger partial charge in [0.05, 0.1) is 35.8 Å². The topological polar surface area (TPSA) is 170 Å². The number of aromatic amines is 1. The number of nitrogens with zero attached hydrogens (tertiary/aromatic N) is 3. The summed E-state index contributed by atoms with van der Waals surface area (Å²) in [5.74, 6) is -0.936. The van der Waals surface area contributed by atoms with Gasteiger partial charge in [-0.3, -0.25) is 15.2 Å². The highest BCUT2D eigenvalue weighted by molar-refractivity contribution is 5.72. The van der Waals surface area contributed by atoms with E-state index in [1.165, 1.54) is 12.1 Å². The molecule has 0 spiro atoms. The Balaban J connectivity index is 1.97. The van der Waals surface area contributed by atoms with Gasteiger partial charge in [0.1, 0.15) is 17.4 Å². The molecule has 1 aliphatic rings. The smallest absolute Gasteiger partial charge is 0.314 e. The van der Waals surface area contributed by atoms with Gasteiger partial charge in [-0.2, -0.15) is 5.26 Å². The highest BCUT2D eigenvalue weighted by atomic mass is 16.6. The number of ether oxygens (including phenoxy) is 3. The molecule has 168 valence electrons. The van der Waals surface area contributed by atoms with Gasteiger partial charge >= 0.3 is 5.69 Å². The van der Waals surface area contributed by atoms with Gasteiger partial charge in [0.25, 0.3) is 0 Å². The number of aromatic hydroxyl groups is 1. The summed E-state index contributed by atoms with van der Waals surface area (Å²) in [6.07, 6.45) is 0. The number of phenols is 1. The summed E-state index contributed by atoms with van der Waals surface area (Å²) in [7, 11) is 1.55. The second-order valence-corrected chi connectivity index (χ2v) is 7.05. The van der Waals surface area contributed by atoms with Crippen molar-refractivity contribution in [2.45, 2.75) is 12.8 Å². The molecule has 1 aliphatic heterocycles. The van der Waals surface area contributed by atoms with Crippen molar-refractivity contribution in [1.29, 1.82) is 5.26 Å². The summed E-state index contributed by atoms with van der Waals surface area (Å²) in [5.41, 5.74) is 7.50. The maximum Gasteiger partial charge on any atom is 0.314 e. The van der Waals surface area contributed by atoms with Crippen LogP contribution in [0.4, 0.5) is 5.69 Å². The zero-order chi connectivity index (χ0) is 23.7. The van der Waals surface area contributed by atoms with Crippen LogP contribution in [0.25, 0.3) is 11.3 Å². The largest absolute Gasteiger partial charge is 0.500 e. The van der Waals surface area contributed by atoms with E-state index >= 15 is 0 Å². The number of aromatic nitrogens is 2. The Morgan fingerprint density at radius 2 is 2.09 bits per heavy atom. The van der Waals surface area contributed by atoms with E-state index in [0.717, 1.165) is 0 Å². The number of benzene rings is 2. The van der Waals surface area contributed by atoms with Crippen molar-refractivity contribution in [3.05, 3.63) is 69.1 Å². The summed E-state index contributed by atoms with van der Waals surface area (Å²) in [6.45, 7) is 1.85. The van der Waals surface area contributed by atoms with E-state index in [2.05, 4.69) is 10.2 Å². The lowest BCUT2D eigenvalue weighted by molar-refractivity contribution is -0.386. The fraction of sp³-hybridized carbons (Fsp3) is 0.182. The van der Waals surface area contributed by atoms with E-state index in [1.807, 2.05) is 6.07 Å². The first-order valence-corrected chi connectivity index (χ1v) is 9.83. The van der Waals surface area contributed by atoms with Crippen LogP contribution >= 0.6 is 0 Å². The van der Waals surface area contributed by atoms with Crippen molar-refractivity contribution in [1.82, 2.24) is 10.2 Å². The number of nitrogens with two attached hydrogens (primary N) is 1. The third-order valence-electron chi connectivity index (χ3n) is 5.22. The minimum absolute atomic E-state index is 0.0427. The minimum atomic E-state index is -0.867. The molecule has 0 saturated heterocycles. The molecule has 2 heterocycles. The van der Waals surface area contributed by atoms with Gasteiger partial charge in [0.15, 0.2) is 5.75 Å². The van der Waals surface area contributed by atoms with Crippen LogP contribution in [-0.2, 0) is 0 Å². The van der Waals surface area contributed by atoms with Gasteiger partial charge < -0.3 is 25.1 Å². The number of nitrogens with one attached hydrogen (secondary N) is 1. The first-order chi connectivity index (χ1) is 15.9. The number of phenolic OH excluding ortho intramolecular Hbond substituents is 1. The van der Waals surface area contributed by atoms with Crippen molar-refractivity contribution in [3.63, 3.8) is 0 Å². The molecule has 0 radical (unpaired) electrons. The molecule has 4 N–H and O–H groups in total. The predicted octanol–water partition coefficient (Wildman–Crippen LogP) is 3.32. The van der Waals surface area contributed by atoms with Gasteiger partial charge in [-0.05, 0) is 42.8 Å². The van der Waals surface area contributed by atoms with E-state index in [9.17, 15) is 20.5 Å². The van der Waals surface area contributed by atoms with Crippen LogP contribution in [0.5, 0.6) is 23.1 Å². The Labute approximate surface area is 187 Å². The molecule has 1 atom stereocenters. The second kappa shape index (κ2) is 8.43. The molecule has 0 aliphatic carbocycles. The summed E-state index contributed by atoms with van der Waals surface area (Å²) in [5, 5.41) is 38.9. The van der Waals surface area contributed by atoms with Crippen LogP contribution in [0.2, 0.25) is 0 Å². The number of allylic oxidation sites excluding steroid dienone is 1. The Hall–Kier alpha value is -4.72. The van der Waals surface area contributed by atoms with E-state index in [-0.39, 0.29) is 29.7 Å². The van der Waals surface area contributed by atoms with Gasteiger partial charge in [-0.25, -0.2) is 0 Å². The number of rotatable bonds is 6. The monoisotopic (exact) mass is 449 g/mol. The maximum absolute atomic E-state index is 11.6. The van der Waals surface area contributed by atoms with Crippen molar-refractivity contribution >= 4 is 5.69 Å². The number of methoxy groups -OCH3 is 1. The number of fused-ring (bicyclic) bond motifs is 1. The Kier molecular flexibility index (Phi) is 5.49. The molecule has 1 unspecified atom stereocenters. The molecule has 0 fully saturated rings. The fourth-order valence-corrected chi connectivity index (χ4v) is 3.74. The molecule has 2 aromatic carbocycles. The minimum Gasteiger partial charge on any atom is -0.500 e. The van der Waals surface area contributed by atoms with Gasteiger partial charge in [0, 0.05) is 11.6 Å². The normalized spacial score (nSPS) is 14.8. The van der Waals surface area contributed by atoms with Gasteiger partial charge in [0.2, 0.25) is 17.5 Å². The van der Waals surface area contributed by atoms with E-state index in [0.29, 0.717) is 28.1 Å². The Morgan fingerprint density at radius 1 is 1.36 bits per heavy atom. The van der Waals surface area contributed by atoms with Gasteiger partial charge in [-0.1, -0.05) is 0 Å². The van der Waals surface area contributed by atoms with Crippen molar-refractivity contribution < 1.29 is 24.2 Å². The average molecular weight is 449 g/mol. The van der Waals surface area contributed by atoms with Crippen LogP contribution < -0.4 is 19.9 Å². The number of nitro groups is 1. The molecule has 3 aromatic rings. The van der Waals surface area contributed by atoms with Crippen LogP contribution in [0, 0.1) is 21.4 Å². The molecule has 11 heteroatoms. The van der Waals surface area contributed by atoms with E-state index in [4.69, 9.17) is 19.9 Å². The molecule has 0 bridgehead atoms. The maximum atomic E-state index is 11.6. The second-order valence-electron chi connectivity index (χ2n) is 7.05. The summed E-state index contributed by atoms with van der Waals surface area (Å²) < 4.78 is 16.2. The highest BCUT2D eigenvalue weighted by Crippen LogP contribution is 2.48. The van der Waals surface area contributed by atoms with Crippen LogP contribution in [-0.4, -0.2) is 33.9 Å². The lowest BCUT2D eigenvalue weighted by atomic mass is 9.82. The zero-order valence-electron chi connectivity index (χ0n) is 17.7. The first kappa shape index (κ1) is 21.5. The molecule has 1 aromatic heterocycles. The Bertz CT molecular complexity index is 1310. The zero-order valence-corrected chi connectivity index (χ0v) is 17.7. The number of nitriles is 1. The van der Waals surface area contributed by atoms with Crippen molar-refractivity contribution in [3.8, 4) is 40.5 Å². The highest BCUT2D eigenvalue weighted by Gasteiger charge is 2.37. The molecule has 0 saturated carbocycles. The van der Waals surface area contributed by atoms with E-state index in [1.54, 1.807) is 38.3 Å². The van der Waals surface area contributed by atoms with E-state index < -0.39 is 22.3 Å². The number of hydrogen-bond donors (Lipinski definition) is 3. The fourth-order valence-electron chi connectivity index (χ4n) is 3.74. The number of hydrogen-bond acceptors (Lipinski definition) is 9. The van der Waals surface area contributed by atoms with Crippen molar-refractivity contribution in [2.75, 3.05) is 13.7 Å². The summed E-state index contributed by atoms with van der Waals surface area (Å²) in [4.78, 5) is 10.9. The van der Waals surface area contributed by atoms with Crippen LogP contribution in [0.1, 0.15) is 24.0 Å². The molecule has 11 nitrogen and oxygen atoms in total. The summed E-state index contributed by atoms with van der Waals surface area (Å²) in [6, 6.07) is 11.8.